The Morgan fingerprint density at radius 1 is 1.18 bits per heavy atom. The van der Waals surface area contributed by atoms with Crippen LogP contribution in [0.4, 0.5) is 10.5 Å². The second kappa shape index (κ2) is 11.9. The number of aliphatic hydroxyl groups is 1. The molecule has 1 aromatic heterocycles. The minimum atomic E-state index is -0.653. The lowest BCUT2D eigenvalue weighted by atomic mass is 10.1. The number of anilines is 1. The number of nitrogens with one attached hydrogen (secondary N) is 2. The molecule has 2 amide bonds. The van der Waals surface area contributed by atoms with Gasteiger partial charge in [0, 0.05) is 36.3 Å². The van der Waals surface area contributed by atoms with Gasteiger partial charge in [-0.05, 0) is 63.0 Å². The third kappa shape index (κ3) is 6.64. The molecule has 9 nitrogen and oxygen atoms in total. The molecule has 1 saturated heterocycles. The van der Waals surface area contributed by atoms with Gasteiger partial charge in [-0.2, -0.15) is 5.26 Å². The zero-order chi connectivity index (χ0) is 26.5. The van der Waals surface area contributed by atoms with Crippen LogP contribution in [0.15, 0.2) is 42.6 Å². The van der Waals surface area contributed by atoms with Crippen LogP contribution in [0.25, 0.3) is 10.9 Å². The summed E-state index contributed by atoms with van der Waals surface area (Å²) < 4.78 is 11.9. The topological polar surface area (TPSA) is 120 Å². The molecule has 5 rings (SSSR count). The highest BCUT2D eigenvalue weighted by Crippen LogP contribution is 2.35. The van der Waals surface area contributed by atoms with Gasteiger partial charge in [-0.3, -0.25) is 4.98 Å². The van der Waals surface area contributed by atoms with Gasteiger partial charge in [0.05, 0.1) is 21.8 Å². The summed E-state index contributed by atoms with van der Waals surface area (Å²) in [6.45, 7) is 2.62. The van der Waals surface area contributed by atoms with Crippen molar-refractivity contribution in [3.63, 3.8) is 0 Å². The summed E-state index contributed by atoms with van der Waals surface area (Å²) in [5, 5.41) is 26.8. The first-order chi connectivity index (χ1) is 18.5. The number of hydrogen-bond donors (Lipinski definition) is 3. The highest BCUT2D eigenvalue weighted by Gasteiger charge is 2.23. The highest BCUT2D eigenvalue weighted by atomic mass is 35.5. The van der Waals surface area contributed by atoms with Crippen molar-refractivity contribution >= 4 is 34.2 Å². The molecule has 0 unspecified atom stereocenters. The summed E-state index contributed by atoms with van der Waals surface area (Å²) in [5.41, 5.74) is 1.38. The van der Waals surface area contributed by atoms with E-state index >= 15 is 0 Å². The van der Waals surface area contributed by atoms with E-state index in [1.807, 2.05) is 0 Å². The fourth-order valence-electron chi connectivity index (χ4n) is 4.48. The van der Waals surface area contributed by atoms with E-state index in [1.165, 1.54) is 6.42 Å². The second-order valence-corrected chi connectivity index (χ2v) is 10.1. The predicted octanol–water partition coefficient (Wildman–Crippen LogP) is 5.06. The number of hydrogen-bond acceptors (Lipinski definition) is 7. The number of nitrogens with zero attached hydrogens (tertiary/aromatic N) is 3. The van der Waals surface area contributed by atoms with Gasteiger partial charge in [0.15, 0.2) is 0 Å². The summed E-state index contributed by atoms with van der Waals surface area (Å²) >= 11 is 6.38. The zero-order valence-electron chi connectivity index (χ0n) is 21.0. The number of nitriles is 1. The summed E-state index contributed by atoms with van der Waals surface area (Å²) in [4.78, 5) is 18.7. The number of urea groups is 1. The molecule has 0 radical (unpaired) electrons. The van der Waals surface area contributed by atoms with E-state index in [2.05, 4.69) is 26.6 Å². The largest absolute Gasteiger partial charge is 0.489 e. The molecule has 1 aliphatic carbocycles. The molecule has 0 bridgehead atoms. The Kier molecular flexibility index (Phi) is 8.13. The zero-order valence-corrected chi connectivity index (χ0v) is 21.7. The fourth-order valence-corrected chi connectivity index (χ4v) is 4.70. The number of aliphatic hydroxyl groups excluding tert-OH is 1. The monoisotopic (exact) mass is 535 g/mol. The van der Waals surface area contributed by atoms with Crippen LogP contribution >= 0.6 is 11.6 Å². The van der Waals surface area contributed by atoms with Gasteiger partial charge in [0.25, 0.3) is 0 Å². The average Bonchev–Trinajstić information content (AvgIpc) is 3.73. The molecule has 1 aliphatic heterocycles. The summed E-state index contributed by atoms with van der Waals surface area (Å²) in [6.07, 6.45) is 6.48. The molecule has 198 valence electrons. The van der Waals surface area contributed by atoms with Crippen LogP contribution in [0.1, 0.15) is 37.7 Å². The molecule has 2 aromatic carbocycles. The summed E-state index contributed by atoms with van der Waals surface area (Å²) in [6, 6.07) is 12.2. The lowest BCUT2D eigenvalue weighted by Crippen LogP contribution is -2.38. The lowest BCUT2D eigenvalue weighted by molar-refractivity contribution is 0.0617. The molecule has 2 heterocycles. The highest BCUT2D eigenvalue weighted by molar-refractivity contribution is 6.33. The van der Waals surface area contributed by atoms with Gasteiger partial charge >= 0.3 is 6.03 Å². The van der Waals surface area contributed by atoms with E-state index in [-0.39, 0.29) is 18.7 Å². The number of carbonyl (C=O) groups excluding carboxylic acids is 1. The quantitative estimate of drug-likeness (QED) is 0.350. The fraction of sp³-hybridized carbons (Fsp3) is 0.393. The van der Waals surface area contributed by atoms with E-state index < -0.39 is 6.10 Å². The molecule has 3 N–H and O–H groups in total. The number of β-amino-alcohol motifs (C(OH)–C–C–N with tert-alkyl or cyclic N) is 1. The van der Waals surface area contributed by atoms with Crippen molar-refractivity contribution in [2.45, 2.75) is 44.2 Å². The van der Waals surface area contributed by atoms with Crippen LogP contribution in [-0.2, 0) is 0 Å². The van der Waals surface area contributed by atoms with Crippen LogP contribution in [-0.4, -0.2) is 59.4 Å². The van der Waals surface area contributed by atoms with Gasteiger partial charge < -0.3 is 30.1 Å². The summed E-state index contributed by atoms with van der Waals surface area (Å²) in [7, 11) is 0. The third-order valence-electron chi connectivity index (χ3n) is 6.60. The first-order valence-corrected chi connectivity index (χ1v) is 13.3. The lowest BCUT2D eigenvalue weighted by Gasteiger charge is -2.28. The van der Waals surface area contributed by atoms with Gasteiger partial charge in [0.1, 0.15) is 36.0 Å². The Labute approximate surface area is 226 Å². The number of carbonyl (C=O) groups is 1. The number of amides is 2. The number of rotatable bonds is 9. The second-order valence-electron chi connectivity index (χ2n) is 9.73. The van der Waals surface area contributed by atoms with Crippen molar-refractivity contribution in [1.82, 2.24) is 15.2 Å². The van der Waals surface area contributed by atoms with Gasteiger partial charge in [-0.1, -0.05) is 18.0 Å². The third-order valence-corrected chi connectivity index (χ3v) is 6.91. The van der Waals surface area contributed by atoms with E-state index in [4.69, 9.17) is 21.1 Å². The van der Waals surface area contributed by atoms with E-state index in [0.717, 1.165) is 38.8 Å². The van der Waals surface area contributed by atoms with Gasteiger partial charge in [0.2, 0.25) is 0 Å². The molecular formula is C28H30ClN5O4. The molecular weight excluding hydrogens is 506 g/mol. The van der Waals surface area contributed by atoms with E-state index in [0.29, 0.717) is 51.0 Å². The maximum atomic E-state index is 12.0. The SMILES string of the molecule is N#Cc1cc2c(Oc3ccc(NC(=O)NC4CC4)c(Cl)c3)ccnc2cc1OC[C@@H](O)CN1CCCCC1. The van der Waals surface area contributed by atoms with Gasteiger partial charge in [-0.25, -0.2) is 4.79 Å². The van der Waals surface area contributed by atoms with Crippen LogP contribution in [0, 0.1) is 11.3 Å². The molecule has 10 heteroatoms. The molecule has 2 fully saturated rings. The smallest absolute Gasteiger partial charge is 0.319 e. The number of halogens is 1. The first-order valence-electron chi connectivity index (χ1n) is 12.9. The number of likely N-dealkylation sites (tertiary alicyclic amines) is 1. The number of fused-ring (bicyclic) bond motifs is 1. The van der Waals surface area contributed by atoms with Gasteiger partial charge in [-0.15, -0.1) is 0 Å². The average molecular weight is 536 g/mol. The van der Waals surface area contributed by atoms with E-state index in [1.54, 1.807) is 42.6 Å². The van der Waals surface area contributed by atoms with Crippen molar-refractivity contribution < 1.29 is 19.4 Å². The predicted molar refractivity (Wildman–Crippen MR) is 145 cm³/mol. The minimum absolute atomic E-state index is 0.0877. The Bertz CT molecular complexity index is 1350. The Hall–Kier alpha value is -3.58. The van der Waals surface area contributed by atoms with Crippen LogP contribution in [0.2, 0.25) is 5.02 Å². The molecule has 2 aliphatic rings. The Morgan fingerprint density at radius 2 is 2.00 bits per heavy atom. The molecule has 38 heavy (non-hydrogen) atoms. The van der Waals surface area contributed by atoms with Crippen molar-refractivity contribution in [1.29, 1.82) is 5.26 Å². The van der Waals surface area contributed by atoms with Crippen LogP contribution in [0.3, 0.4) is 0 Å². The molecule has 3 aromatic rings. The standard InChI is InChI=1S/C28H30ClN5O4/c29-23-13-21(6-7-24(23)33-28(36)32-19-4-5-19)38-26-8-9-31-25-14-27(18(15-30)12-22(25)26)37-17-20(35)16-34-10-2-1-3-11-34/h6-9,12-14,19-20,35H,1-5,10-11,16-17H2,(H2,32,33,36)/t20-/m0/s1. The Morgan fingerprint density at radius 3 is 2.74 bits per heavy atom. The Balaban J connectivity index is 1.28. The number of pyridine rings is 1. The number of ether oxygens (including phenoxy) is 2. The maximum Gasteiger partial charge on any atom is 0.319 e. The minimum Gasteiger partial charge on any atom is -0.489 e. The molecule has 0 spiro atoms. The number of aromatic nitrogens is 1. The van der Waals surface area contributed by atoms with Crippen molar-refractivity contribution in [2.75, 3.05) is 31.6 Å². The summed E-state index contributed by atoms with van der Waals surface area (Å²) in [5.74, 6) is 1.33. The first kappa shape index (κ1) is 26.0. The van der Waals surface area contributed by atoms with Crippen molar-refractivity contribution in [2.24, 2.45) is 0 Å². The van der Waals surface area contributed by atoms with Crippen molar-refractivity contribution in [3.05, 3.63) is 53.2 Å². The normalized spacial score (nSPS) is 16.4. The van der Waals surface area contributed by atoms with Crippen molar-refractivity contribution in [3.8, 4) is 23.3 Å². The van der Waals surface area contributed by atoms with E-state index in [9.17, 15) is 15.2 Å². The molecule has 1 saturated carbocycles. The van der Waals surface area contributed by atoms with Crippen LogP contribution in [0.5, 0.6) is 17.2 Å². The number of benzene rings is 2. The molecule has 1 atom stereocenters. The van der Waals surface area contributed by atoms with Crippen LogP contribution < -0.4 is 20.1 Å². The maximum absolute atomic E-state index is 12.0. The number of piperidine rings is 1.